The Kier molecular flexibility index (Phi) is 4.76. The van der Waals surface area contributed by atoms with E-state index < -0.39 is 17.9 Å². The highest BCUT2D eigenvalue weighted by Crippen LogP contribution is 2.20. The number of nitrogens with two attached hydrogens (primary N) is 1. The maximum absolute atomic E-state index is 12.5. The van der Waals surface area contributed by atoms with Crippen molar-refractivity contribution in [3.8, 4) is 5.82 Å². The average Bonchev–Trinajstić information content (AvgIpc) is 3.16. The predicted octanol–water partition coefficient (Wildman–Crippen LogP) is 0.849. The summed E-state index contributed by atoms with van der Waals surface area (Å²) in [5, 5.41) is 19.3. The SMILES string of the molecule is Nc1nc(-n2nccn2)c(Cl)nc1C(=O)N[C@H](C(=O)O)c1ccccc1. The molecule has 2 aromatic heterocycles. The van der Waals surface area contributed by atoms with Gasteiger partial charge in [-0.05, 0) is 5.56 Å². The largest absolute Gasteiger partial charge is 0.479 e. The number of carbonyl (C=O) groups excluding carboxylic acids is 1. The minimum Gasteiger partial charge on any atom is -0.479 e. The summed E-state index contributed by atoms with van der Waals surface area (Å²) < 4.78 is 0. The first-order valence-corrected chi connectivity index (χ1v) is 7.63. The molecule has 0 aliphatic heterocycles. The number of hydrogen-bond acceptors (Lipinski definition) is 7. The lowest BCUT2D eigenvalue weighted by Crippen LogP contribution is -2.35. The van der Waals surface area contributed by atoms with E-state index in [1.54, 1.807) is 30.3 Å². The lowest BCUT2D eigenvalue weighted by molar-refractivity contribution is -0.139. The Hall–Kier alpha value is -3.53. The highest BCUT2D eigenvalue weighted by atomic mass is 35.5. The lowest BCUT2D eigenvalue weighted by Gasteiger charge is -2.15. The van der Waals surface area contributed by atoms with Crippen LogP contribution in [0.4, 0.5) is 5.82 Å². The molecule has 26 heavy (non-hydrogen) atoms. The standard InChI is InChI=1S/C15H12ClN7O3/c16-11-13(23-18-6-7-19-23)22-12(17)10(20-11)14(24)21-9(15(25)26)8-4-2-1-3-5-8/h1-7,9H,(H2,17,22)(H,21,24)(H,25,26)/t9-/m0/s1. The molecule has 0 saturated heterocycles. The van der Waals surface area contributed by atoms with E-state index in [0.717, 1.165) is 4.80 Å². The second kappa shape index (κ2) is 7.15. The van der Waals surface area contributed by atoms with E-state index >= 15 is 0 Å². The summed E-state index contributed by atoms with van der Waals surface area (Å²) in [6, 6.07) is 6.93. The van der Waals surface area contributed by atoms with Gasteiger partial charge in [-0.3, -0.25) is 4.79 Å². The zero-order chi connectivity index (χ0) is 18.7. The van der Waals surface area contributed by atoms with Crippen LogP contribution in [0.1, 0.15) is 22.1 Å². The van der Waals surface area contributed by atoms with Crippen molar-refractivity contribution in [1.29, 1.82) is 0 Å². The van der Waals surface area contributed by atoms with Crippen molar-refractivity contribution in [1.82, 2.24) is 30.3 Å². The maximum Gasteiger partial charge on any atom is 0.330 e. The number of nitrogens with one attached hydrogen (secondary N) is 1. The number of benzene rings is 1. The van der Waals surface area contributed by atoms with Gasteiger partial charge in [-0.25, -0.2) is 14.8 Å². The molecule has 0 aliphatic rings. The predicted molar refractivity (Wildman–Crippen MR) is 90.7 cm³/mol. The Morgan fingerprint density at radius 1 is 1.15 bits per heavy atom. The fourth-order valence-electron chi connectivity index (χ4n) is 2.17. The van der Waals surface area contributed by atoms with Crippen molar-refractivity contribution >= 4 is 29.3 Å². The second-order valence-electron chi connectivity index (χ2n) is 5.05. The molecule has 0 fully saturated rings. The fourth-order valence-corrected chi connectivity index (χ4v) is 2.37. The third-order valence-electron chi connectivity index (χ3n) is 3.34. The third-order valence-corrected chi connectivity index (χ3v) is 3.60. The summed E-state index contributed by atoms with van der Waals surface area (Å²) in [5.74, 6) is -2.26. The van der Waals surface area contributed by atoms with Crippen LogP contribution < -0.4 is 11.1 Å². The normalized spacial score (nSPS) is 11.7. The molecule has 11 heteroatoms. The third kappa shape index (κ3) is 3.44. The number of halogens is 1. The van der Waals surface area contributed by atoms with Crippen LogP contribution in [0.3, 0.4) is 0 Å². The van der Waals surface area contributed by atoms with Gasteiger partial charge in [0, 0.05) is 0 Å². The van der Waals surface area contributed by atoms with Crippen LogP contribution in [0.2, 0.25) is 5.15 Å². The molecule has 1 amide bonds. The zero-order valence-corrected chi connectivity index (χ0v) is 13.8. The van der Waals surface area contributed by atoms with E-state index in [2.05, 4.69) is 25.5 Å². The minimum absolute atomic E-state index is 0.0450. The molecule has 4 N–H and O–H groups in total. The molecule has 1 aromatic carbocycles. The molecule has 0 aliphatic carbocycles. The molecule has 1 atom stereocenters. The summed E-state index contributed by atoms with van der Waals surface area (Å²) in [5.41, 5.74) is 5.87. The number of carboxylic acid groups (broad SMARTS) is 1. The molecule has 0 saturated carbocycles. The minimum atomic E-state index is -1.28. The summed E-state index contributed by atoms with van der Waals surface area (Å²) in [4.78, 5) is 32.9. The van der Waals surface area contributed by atoms with E-state index in [-0.39, 0.29) is 22.5 Å². The van der Waals surface area contributed by atoms with Crippen molar-refractivity contribution in [2.24, 2.45) is 0 Å². The highest BCUT2D eigenvalue weighted by molar-refractivity contribution is 6.31. The maximum atomic E-state index is 12.5. The van der Waals surface area contributed by atoms with Crippen molar-refractivity contribution in [3.63, 3.8) is 0 Å². The Balaban J connectivity index is 1.90. The molecule has 0 bridgehead atoms. The fraction of sp³-hybridized carbons (Fsp3) is 0.0667. The number of aliphatic carboxylic acids is 1. The number of carboxylic acids is 1. The van der Waals surface area contributed by atoms with Gasteiger partial charge in [-0.15, -0.1) is 4.80 Å². The van der Waals surface area contributed by atoms with Gasteiger partial charge in [-0.2, -0.15) is 10.2 Å². The van der Waals surface area contributed by atoms with Gasteiger partial charge in [0.25, 0.3) is 5.91 Å². The van der Waals surface area contributed by atoms with Crippen molar-refractivity contribution < 1.29 is 14.7 Å². The van der Waals surface area contributed by atoms with Crippen molar-refractivity contribution in [2.45, 2.75) is 6.04 Å². The molecular weight excluding hydrogens is 362 g/mol. The zero-order valence-electron chi connectivity index (χ0n) is 13.1. The Bertz CT molecular complexity index is 947. The smallest absolute Gasteiger partial charge is 0.330 e. The van der Waals surface area contributed by atoms with Crippen LogP contribution in [-0.2, 0) is 4.79 Å². The first-order valence-electron chi connectivity index (χ1n) is 7.25. The Labute approximate surface area is 151 Å². The van der Waals surface area contributed by atoms with Crippen molar-refractivity contribution in [3.05, 3.63) is 59.1 Å². The van der Waals surface area contributed by atoms with Gasteiger partial charge in [0.15, 0.2) is 22.7 Å². The van der Waals surface area contributed by atoms with Gasteiger partial charge < -0.3 is 16.2 Å². The van der Waals surface area contributed by atoms with Crippen LogP contribution in [0.15, 0.2) is 42.7 Å². The van der Waals surface area contributed by atoms with Gasteiger partial charge in [0.05, 0.1) is 12.4 Å². The topological polar surface area (TPSA) is 149 Å². The van der Waals surface area contributed by atoms with E-state index in [1.165, 1.54) is 12.4 Å². The lowest BCUT2D eigenvalue weighted by atomic mass is 10.1. The molecular formula is C15H12ClN7O3. The first kappa shape index (κ1) is 17.3. The molecule has 132 valence electrons. The van der Waals surface area contributed by atoms with Crippen LogP contribution >= 0.6 is 11.6 Å². The number of aromatic nitrogens is 5. The number of nitrogens with zero attached hydrogens (tertiary/aromatic N) is 5. The number of amides is 1. The first-order chi connectivity index (χ1) is 12.5. The van der Waals surface area contributed by atoms with Crippen LogP contribution in [-0.4, -0.2) is 41.9 Å². The van der Waals surface area contributed by atoms with E-state index in [4.69, 9.17) is 17.3 Å². The van der Waals surface area contributed by atoms with Crippen molar-refractivity contribution in [2.75, 3.05) is 5.73 Å². The average molecular weight is 374 g/mol. The van der Waals surface area contributed by atoms with E-state index in [1.807, 2.05) is 0 Å². The van der Waals surface area contributed by atoms with Crippen LogP contribution in [0.25, 0.3) is 5.82 Å². The number of anilines is 1. The summed E-state index contributed by atoms with van der Waals surface area (Å²) >= 11 is 6.03. The second-order valence-corrected chi connectivity index (χ2v) is 5.40. The summed E-state index contributed by atoms with van der Waals surface area (Å²) in [7, 11) is 0. The Morgan fingerprint density at radius 2 is 1.81 bits per heavy atom. The summed E-state index contributed by atoms with van der Waals surface area (Å²) in [6.07, 6.45) is 2.82. The van der Waals surface area contributed by atoms with Crippen LogP contribution in [0, 0.1) is 0 Å². The molecule has 0 unspecified atom stereocenters. The number of rotatable bonds is 5. The van der Waals surface area contributed by atoms with Gasteiger partial charge in [0.1, 0.15) is 0 Å². The van der Waals surface area contributed by atoms with Gasteiger partial charge in [-0.1, -0.05) is 41.9 Å². The molecule has 0 spiro atoms. The number of carbonyl (C=O) groups is 2. The van der Waals surface area contributed by atoms with Crippen LogP contribution in [0.5, 0.6) is 0 Å². The molecule has 2 heterocycles. The number of hydrogen-bond donors (Lipinski definition) is 3. The quantitative estimate of drug-likeness (QED) is 0.595. The Morgan fingerprint density at radius 3 is 2.42 bits per heavy atom. The number of nitrogen functional groups attached to an aromatic ring is 1. The highest BCUT2D eigenvalue weighted by Gasteiger charge is 2.25. The monoisotopic (exact) mass is 373 g/mol. The van der Waals surface area contributed by atoms with E-state index in [0.29, 0.717) is 5.56 Å². The van der Waals surface area contributed by atoms with Gasteiger partial charge in [0.2, 0.25) is 5.82 Å². The molecule has 0 radical (unpaired) electrons. The summed E-state index contributed by atoms with van der Waals surface area (Å²) in [6.45, 7) is 0. The molecule has 3 rings (SSSR count). The van der Waals surface area contributed by atoms with Gasteiger partial charge >= 0.3 is 5.97 Å². The van der Waals surface area contributed by atoms with E-state index in [9.17, 15) is 14.7 Å². The molecule has 10 nitrogen and oxygen atoms in total. The molecule has 3 aromatic rings.